The zero-order chi connectivity index (χ0) is 21.0. The predicted octanol–water partition coefficient (Wildman–Crippen LogP) is 3.12. The molecule has 1 aliphatic rings. The molecular weight excluding hydrogens is 412 g/mol. The van der Waals surface area contributed by atoms with Gasteiger partial charge in [0.15, 0.2) is 0 Å². The Labute approximate surface area is 175 Å². The molecule has 1 amide bonds. The van der Waals surface area contributed by atoms with Gasteiger partial charge in [0.1, 0.15) is 15.7 Å². The molecule has 2 heterocycles. The van der Waals surface area contributed by atoms with E-state index in [0.29, 0.717) is 40.3 Å². The Morgan fingerprint density at radius 3 is 2.55 bits per heavy atom. The van der Waals surface area contributed by atoms with Crippen LogP contribution in [-0.4, -0.2) is 45.9 Å². The van der Waals surface area contributed by atoms with Gasteiger partial charge >= 0.3 is 0 Å². The van der Waals surface area contributed by atoms with E-state index < -0.39 is 10.0 Å². The van der Waals surface area contributed by atoms with Gasteiger partial charge in [-0.25, -0.2) is 8.42 Å². The third kappa shape index (κ3) is 4.91. The van der Waals surface area contributed by atoms with E-state index in [1.807, 2.05) is 0 Å². The van der Waals surface area contributed by atoms with E-state index in [4.69, 9.17) is 9.47 Å². The zero-order valence-corrected chi connectivity index (χ0v) is 18.4. The molecule has 1 N–H and O–H groups in total. The molecule has 0 saturated carbocycles. The van der Waals surface area contributed by atoms with Crippen molar-refractivity contribution in [3.63, 3.8) is 0 Å². The molecule has 1 saturated heterocycles. The van der Waals surface area contributed by atoms with Crippen LogP contribution in [0.3, 0.4) is 0 Å². The van der Waals surface area contributed by atoms with E-state index >= 15 is 0 Å². The minimum absolute atomic E-state index is 0.241. The van der Waals surface area contributed by atoms with Gasteiger partial charge in [-0.2, -0.15) is 4.31 Å². The maximum atomic E-state index is 12.8. The van der Waals surface area contributed by atoms with Crippen LogP contribution in [0.2, 0.25) is 0 Å². The Balaban J connectivity index is 1.65. The molecule has 0 radical (unpaired) electrons. The number of sulfonamides is 1. The first kappa shape index (κ1) is 21.6. The second-order valence-electron chi connectivity index (χ2n) is 7.06. The number of hydrogen-bond acceptors (Lipinski definition) is 6. The predicted molar refractivity (Wildman–Crippen MR) is 112 cm³/mol. The third-order valence-electron chi connectivity index (χ3n) is 5.05. The molecule has 1 aromatic heterocycles. The van der Waals surface area contributed by atoms with E-state index in [9.17, 15) is 13.2 Å². The number of nitrogens with one attached hydrogen (secondary N) is 1. The van der Waals surface area contributed by atoms with Gasteiger partial charge in [0.25, 0.3) is 15.9 Å². The maximum absolute atomic E-state index is 12.8. The largest absolute Gasteiger partial charge is 0.497 e. The number of ether oxygens (including phenoxy) is 2. The number of rotatable bonds is 7. The highest BCUT2D eigenvalue weighted by molar-refractivity contribution is 7.91. The van der Waals surface area contributed by atoms with Gasteiger partial charge in [0.2, 0.25) is 0 Å². The summed E-state index contributed by atoms with van der Waals surface area (Å²) in [4.78, 5) is 13.3. The van der Waals surface area contributed by atoms with Crippen LogP contribution < -0.4 is 14.8 Å². The molecule has 1 aliphatic heterocycles. The summed E-state index contributed by atoms with van der Waals surface area (Å²) in [6.07, 6.45) is 1.77. The molecule has 0 bridgehead atoms. The van der Waals surface area contributed by atoms with Crippen molar-refractivity contribution in [3.05, 3.63) is 40.8 Å². The lowest BCUT2D eigenvalue weighted by molar-refractivity contribution is 0.0948. The molecular formula is C20H26N2O5S2. The van der Waals surface area contributed by atoms with Crippen LogP contribution in [0, 0.1) is 5.92 Å². The summed E-state index contributed by atoms with van der Waals surface area (Å²) in [5.74, 6) is 1.27. The third-order valence-corrected chi connectivity index (χ3v) is 8.50. The molecule has 3 rings (SSSR count). The molecule has 9 heteroatoms. The molecule has 1 fully saturated rings. The molecule has 1 aromatic carbocycles. The van der Waals surface area contributed by atoms with Crippen molar-refractivity contribution in [3.8, 4) is 11.5 Å². The van der Waals surface area contributed by atoms with Crippen molar-refractivity contribution < 1.29 is 22.7 Å². The van der Waals surface area contributed by atoms with Crippen molar-refractivity contribution in [1.82, 2.24) is 9.62 Å². The SMILES string of the molecule is COc1ccc(C(=O)NCc2ccc(S(=O)(=O)N3CCC(C)CC3)s2)c(OC)c1. The fourth-order valence-electron chi connectivity index (χ4n) is 3.19. The minimum Gasteiger partial charge on any atom is -0.497 e. The van der Waals surface area contributed by atoms with E-state index in [0.717, 1.165) is 17.7 Å². The molecule has 2 aromatic rings. The van der Waals surface area contributed by atoms with Crippen LogP contribution >= 0.6 is 11.3 Å². The summed E-state index contributed by atoms with van der Waals surface area (Å²) in [5.41, 5.74) is 0.389. The highest BCUT2D eigenvalue weighted by atomic mass is 32.2. The Morgan fingerprint density at radius 1 is 1.17 bits per heavy atom. The number of hydrogen-bond donors (Lipinski definition) is 1. The van der Waals surface area contributed by atoms with Crippen LogP contribution in [0.25, 0.3) is 0 Å². The lowest BCUT2D eigenvalue weighted by Crippen LogP contribution is -2.37. The number of carbonyl (C=O) groups is 1. The van der Waals surface area contributed by atoms with Gasteiger partial charge in [-0.1, -0.05) is 6.92 Å². The van der Waals surface area contributed by atoms with Crippen LogP contribution in [0.5, 0.6) is 11.5 Å². The summed E-state index contributed by atoms with van der Waals surface area (Å²) < 4.78 is 37.9. The highest BCUT2D eigenvalue weighted by Crippen LogP contribution is 2.29. The second-order valence-corrected chi connectivity index (χ2v) is 10.4. The fraction of sp³-hybridized carbons (Fsp3) is 0.450. The van der Waals surface area contributed by atoms with E-state index in [2.05, 4.69) is 12.2 Å². The van der Waals surface area contributed by atoms with Crippen molar-refractivity contribution in [2.24, 2.45) is 5.92 Å². The average molecular weight is 439 g/mol. The van der Waals surface area contributed by atoms with E-state index in [1.165, 1.54) is 18.4 Å². The highest BCUT2D eigenvalue weighted by Gasteiger charge is 2.29. The van der Waals surface area contributed by atoms with Crippen molar-refractivity contribution in [1.29, 1.82) is 0 Å². The smallest absolute Gasteiger partial charge is 0.255 e. The molecule has 0 unspecified atom stereocenters. The summed E-state index contributed by atoms with van der Waals surface area (Å²) in [6, 6.07) is 8.33. The lowest BCUT2D eigenvalue weighted by Gasteiger charge is -2.28. The quantitative estimate of drug-likeness (QED) is 0.718. The molecule has 29 heavy (non-hydrogen) atoms. The van der Waals surface area contributed by atoms with Gasteiger partial charge in [0.05, 0.1) is 26.3 Å². The maximum Gasteiger partial charge on any atom is 0.255 e. The topological polar surface area (TPSA) is 84.9 Å². The Bertz CT molecular complexity index is 963. The average Bonchev–Trinajstić information content (AvgIpc) is 3.21. The Hall–Kier alpha value is -2.10. The van der Waals surface area contributed by atoms with Crippen LogP contribution in [0.4, 0.5) is 0 Å². The summed E-state index contributed by atoms with van der Waals surface area (Å²) in [7, 11) is -0.436. The first-order chi connectivity index (χ1) is 13.8. The van der Waals surface area contributed by atoms with Gasteiger partial charge in [-0.3, -0.25) is 4.79 Å². The minimum atomic E-state index is -3.47. The summed E-state index contributed by atoms with van der Waals surface area (Å²) in [5, 5.41) is 2.82. The fourth-order valence-corrected chi connectivity index (χ4v) is 6.11. The van der Waals surface area contributed by atoms with Gasteiger partial charge in [-0.05, 0) is 43.0 Å². The number of benzene rings is 1. The van der Waals surface area contributed by atoms with Crippen molar-refractivity contribution in [2.45, 2.75) is 30.5 Å². The van der Waals surface area contributed by atoms with Crippen LogP contribution in [0.1, 0.15) is 35.0 Å². The van der Waals surface area contributed by atoms with Gasteiger partial charge < -0.3 is 14.8 Å². The number of methoxy groups -OCH3 is 2. The molecule has 158 valence electrons. The molecule has 0 aliphatic carbocycles. The van der Waals surface area contributed by atoms with Crippen molar-refractivity contribution >= 4 is 27.3 Å². The molecule has 0 spiro atoms. The second kappa shape index (κ2) is 9.15. The number of thiophene rings is 1. The number of nitrogens with zero attached hydrogens (tertiary/aromatic N) is 1. The van der Waals surface area contributed by atoms with Crippen LogP contribution in [-0.2, 0) is 16.6 Å². The summed E-state index contributed by atoms with van der Waals surface area (Å²) >= 11 is 1.19. The Kier molecular flexibility index (Phi) is 6.81. The van der Waals surface area contributed by atoms with Crippen LogP contribution in [0.15, 0.2) is 34.5 Å². The monoisotopic (exact) mass is 438 g/mol. The Morgan fingerprint density at radius 2 is 1.90 bits per heavy atom. The van der Waals surface area contributed by atoms with E-state index in [-0.39, 0.29) is 12.5 Å². The first-order valence-electron chi connectivity index (χ1n) is 9.44. The van der Waals surface area contributed by atoms with Crippen molar-refractivity contribution in [2.75, 3.05) is 27.3 Å². The first-order valence-corrected chi connectivity index (χ1v) is 11.7. The standard InChI is InChI=1S/C20H26N2O5S2/c1-14-8-10-22(11-9-14)29(24,25)19-7-5-16(28-19)13-21-20(23)17-6-4-15(26-2)12-18(17)27-3/h4-7,12,14H,8-11,13H2,1-3H3,(H,21,23). The summed E-state index contributed by atoms with van der Waals surface area (Å²) in [6.45, 7) is 3.51. The van der Waals surface area contributed by atoms with Gasteiger partial charge in [-0.15, -0.1) is 11.3 Å². The molecule has 7 nitrogen and oxygen atoms in total. The molecule has 0 atom stereocenters. The lowest BCUT2D eigenvalue weighted by atomic mass is 10.0. The zero-order valence-electron chi connectivity index (χ0n) is 16.8. The number of piperidine rings is 1. The van der Waals surface area contributed by atoms with E-state index in [1.54, 1.807) is 41.7 Å². The number of carbonyl (C=O) groups excluding carboxylic acids is 1. The number of amides is 1. The van der Waals surface area contributed by atoms with Gasteiger partial charge in [0, 0.05) is 24.0 Å². The normalized spacial score (nSPS) is 15.8.